The molecule has 1 aromatic carbocycles. The van der Waals surface area contributed by atoms with Gasteiger partial charge in [-0.15, -0.1) is 0 Å². The third kappa shape index (κ3) is 2.93. The standard InChI is InChI=1S/C16H20FN3O/c1-2-20-7-3-4-13(20)10-18-16(21)15-9-11-8-12(17)5-6-14(11)19-15/h5-6,8-9,13,19H,2-4,7,10H2,1H3,(H,18,21). The molecule has 1 unspecified atom stereocenters. The predicted octanol–water partition coefficient (Wildman–Crippen LogP) is 2.52. The zero-order valence-corrected chi connectivity index (χ0v) is 12.2. The van der Waals surface area contributed by atoms with E-state index in [1.165, 1.54) is 18.6 Å². The van der Waals surface area contributed by atoms with E-state index in [0.717, 1.165) is 30.4 Å². The van der Waals surface area contributed by atoms with Crippen molar-refractivity contribution >= 4 is 16.8 Å². The van der Waals surface area contributed by atoms with Gasteiger partial charge < -0.3 is 10.3 Å². The number of fused-ring (bicyclic) bond motifs is 1. The number of likely N-dealkylation sites (tertiary alicyclic amines) is 1. The fourth-order valence-electron chi connectivity index (χ4n) is 3.07. The number of halogens is 1. The van der Waals surface area contributed by atoms with Gasteiger partial charge in [0.05, 0.1) is 0 Å². The monoisotopic (exact) mass is 289 g/mol. The summed E-state index contributed by atoms with van der Waals surface area (Å²) in [6.45, 7) is 4.94. The van der Waals surface area contributed by atoms with Gasteiger partial charge in [0.25, 0.3) is 5.91 Å². The second kappa shape index (κ2) is 5.85. The highest BCUT2D eigenvalue weighted by Gasteiger charge is 2.23. The Hall–Kier alpha value is -1.88. The van der Waals surface area contributed by atoms with Gasteiger partial charge >= 0.3 is 0 Å². The number of aromatic nitrogens is 1. The molecule has 0 spiro atoms. The fourth-order valence-corrected chi connectivity index (χ4v) is 3.07. The molecule has 1 aliphatic rings. The van der Waals surface area contributed by atoms with Gasteiger partial charge in [-0.1, -0.05) is 6.92 Å². The van der Waals surface area contributed by atoms with Gasteiger partial charge in [-0.25, -0.2) is 4.39 Å². The van der Waals surface area contributed by atoms with Gasteiger partial charge in [0, 0.05) is 23.5 Å². The van der Waals surface area contributed by atoms with Crippen molar-refractivity contribution in [3.8, 4) is 0 Å². The largest absolute Gasteiger partial charge is 0.351 e. The maximum atomic E-state index is 13.2. The first-order chi connectivity index (χ1) is 10.2. The second-order valence-corrected chi connectivity index (χ2v) is 5.55. The quantitative estimate of drug-likeness (QED) is 0.908. The Labute approximate surface area is 123 Å². The summed E-state index contributed by atoms with van der Waals surface area (Å²) < 4.78 is 13.2. The van der Waals surface area contributed by atoms with Gasteiger partial charge in [-0.05, 0) is 50.2 Å². The number of carbonyl (C=O) groups is 1. The zero-order valence-electron chi connectivity index (χ0n) is 12.2. The van der Waals surface area contributed by atoms with E-state index in [1.54, 1.807) is 12.1 Å². The smallest absolute Gasteiger partial charge is 0.267 e. The zero-order chi connectivity index (χ0) is 14.8. The molecule has 3 rings (SSSR count). The van der Waals surface area contributed by atoms with Crippen LogP contribution in [-0.4, -0.2) is 41.5 Å². The Morgan fingerprint density at radius 3 is 3.14 bits per heavy atom. The molecule has 2 heterocycles. The van der Waals surface area contributed by atoms with E-state index in [9.17, 15) is 9.18 Å². The number of hydrogen-bond donors (Lipinski definition) is 2. The number of benzene rings is 1. The van der Waals surface area contributed by atoms with Gasteiger partial charge in [0.15, 0.2) is 0 Å². The lowest BCUT2D eigenvalue weighted by Crippen LogP contribution is -2.40. The minimum Gasteiger partial charge on any atom is -0.351 e. The third-order valence-electron chi connectivity index (χ3n) is 4.23. The van der Waals surface area contributed by atoms with Crippen molar-refractivity contribution in [3.63, 3.8) is 0 Å². The lowest BCUT2D eigenvalue weighted by Gasteiger charge is -2.22. The van der Waals surface area contributed by atoms with E-state index < -0.39 is 0 Å². The van der Waals surface area contributed by atoms with Crippen LogP contribution in [0.15, 0.2) is 24.3 Å². The molecule has 1 aromatic heterocycles. The van der Waals surface area contributed by atoms with Crippen LogP contribution in [0, 0.1) is 5.82 Å². The van der Waals surface area contributed by atoms with Crippen molar-refractivity contribution in [2.24, 2.45) is 0 Å². The van der Waals surface area contributed by atoms with Crippen LogP contribution in [0.3, 0.4) is 0 Å². The second-order valence-electron chi connectivity index (χ2n) is 5.55. The molecular weight excluding hydrogens is 269 g/mol. The highest BCUT2D eigenvalue weighted by atomic mass is 19.1. The van der Waals surface area contributed by atoms with Crippen molar-refractivity contribution in [2.75, 3.05) is 19.6 Å². The van der Waals surface area contributed by atoms with Crippen LogP contribution in [0.2, 0.25) is 0 Å². The lowest BCUT2D eigenvalue weighted by molar-refractivity contribution is 0.0937. The van der Waals surface area contributed by atoms with Crippen LogP contribution in [-0.2, 0) is 0 Å². The Morgan fingerprint density at radius 1 is 1.48 bits per heavy atom. The number of hydrogen-bond acceptors (Lipinski definition) is 2. The molecule has 1 saturated heterocycles. The maximum Gasteiger partial charge on any atom is 0.267 e. The van der Waals surface area contributed by atoms with Crippen molar-refractivity contribution < 1.29 is 9.18 Å². The summed E-state index contributed by atoms with van der Waals surface area (Å²) in [5.74, 6) is -0.424. The van der Waals surface area contributed by atoms with Crippen LogP contribution in [0.5, 0.6) is 0 Å². The minimum atomic E-state index is -0.294. The molecular formula is C16H20FN3O. The first kappa shape index (κ1) is 14.1. The Kier molecular flexibility index (Phi) is 3.92. The first-order valence-electron chi connectivity index (χ1n) is 7.48. The van der Waals surface area contributed by atoms with E-state index in [0.29, 0.717) is 18.3 Å². The van der Waals surface area contributed by atoms with Crippen LogP contribution in [0.1, 0.15) is 30.3 Å². The third-order valence-corrected chi connectivity index (χ3v) is 4.23. The number of likely N-dealkylation sites (N-methyl/N-ethyl adjacent to an activating group) is 1. The first-order valence-corrected chi connectivity index (χ1v) is 7.48. The Balaban J connectivity index is 1.66. The van der Waals surface area contributed by atoms with Crippen molar-refractivity contribution in [2.45, 2.75) is 25.8 Å². The summed E-state index contributed by atoms with van der Waals surface area (Å²) in [4.78, 5) is 17.6. The normalized spacial score (nSPS) is 19.2. The summed E-state index contributed by atoms with van der Waals surface area (Å²) in [6.07, 6.45) is 2.33. The van der Waals surface area contributed by atoms with Crippen LogP contribution >= 0.6 is 0 Å². The molecule has 1 amide bonds. The number of nitrogens with zero attached hydrogens (tertiary/aromatic N) is 1. The van der Waals surface area contributed by atoms with Gasteiger partial charge in [-0.3, -0.25) is 9.69 Å². The molecule has 0 saturated carbocycles. The van der Waals surface area contributed by atoms with E-state index in [2.05, 4.69) is 22.1 Å². The van der Waals surface area contributed by atoms with Crippen molar-refractivity contribution in [3.05, 3.63) is 35.8 Å². The molecule has 21 heavy (non-hydrogen) atoms. The number of aromatic amines is 1. The molecule has 112 valence electrons. The number of amides is 1. The van der Waals surface area contributed by atoms with E-state index >= 15 is 0 Å². The predicted molar refractivity (Wildman–Crippen MR) is 80.9 cm³/mol. The number of carbonyl (C=O) groups excluding carboxylic acids is 1. The number of nitrogens with one attached hydrogen (secondary N) is 2. The fraction of sp³-hybridized carbons (Fsp3) is 0.438. The topological polar surface area (TPSA) is 48.1 Å². The molecule has 1 fully saturated rings. The summed E-state index contributed by atoms with van der Waals surface area (Å²) in [6, 6.07) is 6.59. The molecule has 0 radical (unpaired) electrons. The Morgan fingerprint density at radius 2 is 2.33 bits per heavy atom. The van der Waals surface area contributed by atoms with Crippen LogP contribution in [0.25, 0.3) is 10.9 Å². The molecule has 2 N–H and O–H groups in total. The SMILES string of the molecule is CCN1CCCC1CNC(=O)c1cc2cc(F)ccc2[nH]1. The van der Waals surface area contributed by atoms with Crippen LogP contribution in [0.4, 0.5) is 4.39 Å². The van der Waals surface area contributed by atoms with Gasteiger partial charge in [-0.2, -0.15) is 0 Å². The lowest BCUT2D eigenvalue weighted by atomic mass is 10.2. The average molecular weight is 289 g/mol. The van der Waals surface area contributed by atoms with E-state index in [4.69, 9.17) is 0 Å². The highest BCUT2D eigenvalue weighted by Crippen LogP contribution is 2.18. The molecule has 0 aliphatic carbocycles. The summed E-state index contributed by atoms with van der Waals surface area (Å²) >= 11 is 0. The molecule has 2 aromatic rings. The summed E-state index contributed by atoms with van der Waals surface area (Å²) in [7, 11) is 0. The minimum absolute atomic E-state index is 0.130. The number of H-pyrrole nitrogens is 1. The van der Waals surface area contributed by atoms with E-state index in [-0.39, 0.29) is 11.7 Å². The average Bonchev–Trinajstić information content (AvgIpc) is 3.10. The van der Waals surface area contributed by atoms with E-state index in [1.807, 2.05) is 0 Å². The number of rotatable bonds is 4. The van der Waals surface area contributed by atoms with Gasteiger partial charge in [0.2, 0.25) is 0 Å². The maximum absolute atomic E-state index is 13.2. The van der Waals surface area contributed by atoms with Crippen molar-refractivity contribution in [1.29, 1.82) is 0 Å². The molecule has 5 heteroatoms. The molecule has 1 aliphatic heterocycles. The summed E-state index contributed by atoms with van der Waals surface area (Å²) in [5, 5.41) is 3.69. The Bertz CT molecular complexity index is 652. The van der Waals surface area contributed by atoms with Gasteiger partial charge in [0.1, 0.15) is 11.5 Å². The van der Waals surface area contributed by atoms with Crippen molar-refractivity contribution in [1.82, 2.24) is 15.2 Å². The summed E-state index contributed by atoms with van der Waals surface area (Å²) in [5.41, 5.74) is 1.26. The molecule has 0 bridgehead atoms. The molecule has 4 nitrogen and oxygen atoms in total. The highest BCUT2D eigenvalue weighted by molar-refractivity contribution is 5.98. The molecule has 1 atom stereocenters. The van der Waals surface area contributed by atoms with Crippen LogP contribution < -0.4 is 5.32 Å².